The Hall–Kier alpha value is -1.72. The predicted octanol–water partition coefficient (Wildman–Crippen LogP) is 3.00. The average Bonchev–Trinajstić information content (AvgIpc) is 3.03. The normalized spacial score (nSPS) is 15.5. The van der Waals surface area contributed by atoms with Gasteiger partial charge < -0.3 is 9.47 Å². The van der Waals surface area contributed by atoms with Gasteiger partial charge >= 0.3 is 11.9 Å². The van der Waals surface area contributed by atoms with Crippen molar-refractivity contribution in [2.45, 2.75) is 85.9 Å². The molecule has 138 valence electrons. The molecule has 6 heteroatoms. The number of carbonyl (C=O) groups is 4. The van der Waals surface area contributed by atoms with E-state index in [1.54, 1.807) is 41.5 Å². The summed E-state index contributed by atoms with van der Waals surface area (Å²) in [5.74, 6) is -1.04. The Morgan fingerprint density at radius 1 is 0.833 bits per heavy atom. The van der Waals surface area contributed by atoms with E-state index in [1.165, 1.54) is 13.8 Å². The van der Waals surface area contributed by atoms with Crippen LogP contribution in [0.1, 0.15) is 74.7 Å². The lowest BCUT2D eigenvalue weighted by atomic mass is 10.0. The molecule has 0 heterocycles. The minimum Gasteiger partial charge on any atom is -0.460 e. The zero-order chi connectivity index (χ0) is 19.3. The van der Waals surface area contributed by atoms with Crippen molar-refractivity contribution in [3.63, 3.8) is 0 Å². The maximum absolute atomic E-state index is 11.5. The molecule has 1 aliphatic carbocycles. The van der Waals surface area contributed by atoms with E-state index in [2.05, 4.69) is 0 Å². The number of hydrogen-bond acceptors (Lipinski definition) is 6. The van der Waals surface area contributed by atoms with Gasteiger partial charge in [0, 0.05) is 0 Å². The lowest BCUT2D eigenvalue weighted by Gasteiger charge is -2.22. The largest absolute Gasteiger partial charge is 0.460 e. The predicted molar refractivity (Wildman–Crippen MR) is 89.3 cm³/mol. The summed E-state index contributed by atoms with van der Waals surface area (Å²) in [6.45, 7) is 13.5. The Labute approximate surface area is 144 Å². The summed E-state index contributed by atoms with van der Waals surface area (Å²) >= 11 is 0. The van der Waals surface area contributed by atoms with Gasteiger partial charge in [0.25, 0.3) is 0 Å². The van der Waals surface area contributed by atoms with Crippen LogP contribution in [0.15, 0.2) is 0 Å². The van der Waals surface area contributed by atoms with Crippen molar-refractivity contribution < 1.29 is 28.7 Å². The zero-order valence-corrected chi connectivity index (χ0v) is 16.1. The average molecular weight is 342 g/mol. The third-order valence-corrected chi connectivity index (χ3v) is 3.03. The molecule has 6 nitrogen and oxygen atoms in total. The third-order valence-electron chi connectivity index (χ3n) is 3.03. The number of ketones is 2. The van der Waals surface area contributed by atoms with Gasteiger partial charge in [0.1, 0.15) is 34.6 Å². The summed E-state index contributed by atoms with van der Waals surface area (Å²) in [7, 11) is 0. The van der Waals surface area contributed by atoms with E-state index in [9.17, 15) is 19.2 Å². The molecule has 0 amide bonds. The first kappa shape index (κ1) is 22.3. The monoisotopic (exact) mass is 342 g/mol. The maximum Gasteiger partial charge on any atom is 0.320 e. The van der Waals surface area contributed by atoms with E-state index >= 15 is 0 Å². The van der Waals surface area contributed by atoms with Gasteiger partial charge in [-0.15, -0.1) is 0 Å². The van der Waals surface area contributed by atoms with Gasteiger partial charge in [0.2, 0.25) is 0 Å². The minimum atomic E-state index is -0.784. The summed E-state index contributed by atoms with van der Waals surface area (Å²) in [5, 5.41) is 0. The highest BCUT2D eigenvalue weighted by atomic mass is 16.6. The molecule has 1 saturated carbocycles. The van der Waals surface area contributed by atoms with Gasteiger partial charge in [0.15, 0.2) is 0 Å². The Morgan fingerprint density at radius 3 is 1.50 bits per heavy atom. The van der Waals surface area contributed by atoms with Crippen LogP contribution in [0.4, 0.5) is 0 Å². The highest BCUT2D eigenvalue weighted by Gasteiger charge is 2.56. The van der Waals surface area contributed by atoms with Crippen molar-refractivity contribution in [2.24, 2.45) is 5.41 Å². The molecule has 0 saturated heterocycles. The molecule has 0 atom stereocenters. The number of rotatable bonds is 4. The lowest BCUT2D eigenvalue weighted by Crippen LogP contribution is -2.33. The SMILES string of the molecule is CC(=O)C1(C(=O)OC(C)(C)C)CC1.CC(=O)CC(=O)OC(C)(C)C. The van der Waals surface area contributed by atoms with Crippen molar-refractivity contribution >= 4 is 23.5 Å². The Balaban J connectivity index is 0.000000449. The van der Waals surface area contributed by atoms with E-state index in [0.29, 0.717) is 12.8 Å². The second kappa shape index (κ2) is 7.90. The van der Waals surface area contributed by atoms with Crippen LogP contribution >= 0.6 is 0 Å². The quantitative estimate of drug-likeness (QED) is 0.576. The zero-order valence-electron chi connectivity index (χ0n) is 16.1. The van der Waals surface area contributed by atoms with Crippen molar-refractivity contribution in [3.05, 3.63) is 0 Å². The Bertz CT molecular complexity index is 501. The summed E-state index contributed by atoms with van der Waals surface area (Å²) in [6, 6.07) is 0. The van der Waals surface area contributed by atoms with E-state index in [0.717, 1.165) is 0 Å². The van der Waals surface area contributed by atoms with E-state index in [4.69, 9.17) is 9.47 Å². The number of esters is 2. The second-order valence-electron chi connectivity index (χ2n) is 8.11. The number of carbonyl (C=O) groups excluding carboxylic acids is 4. The van der Waals surface area contributed by atoms with Crippen molar-refractivity contribution in [1.29, 1.82) is 0 Å². The standard InChI is InChI=1S/C10H16O3.C8H14O3/c1-7(11)10(5-6-10)8(12)13-9(2,3)4;1-6(9)5-7(10)11-8(2,3)4/h5-6H2,1-4H3;5H2,1-4H3. The summed E-state index contributed by atoms with van der Waals surface area (Å²) in [5.41, 5.74) is -1.78. The van der Waals surface area contributed by atoms with E-state index < -0.39 is 22.6 Å². The first-order valence-corrected chi connectivity index (χ1v) is 8.05. The highest BCUT2D eigenvalue weighted by Crippen LogP contribution is 2.48. The van der Waals surface area contributed by atoms with Crippen molar-refractivity contribution in [1.82, 2.24) is 0 Å². The van der Waals surface area contributed by atoms with Crippen LogP contribution < -0.4 is 0 Å². The second-order valence-corrected chi connectivity index (χ2v) is 8.11. The van der Waals surface area contributed by atoms with Gasteiger partial charge in [-0.1, -0.05) is 0 Å². The van der Waals surface area contributed by atoms with Crippen LogP contribution in [0.25, 0.3) is 0 Å². The summed E-state index contributed by atoms with van der Waals surface area (Å²) < 4.78 is 10.1. The molecular weight excluding hydrogens is 312 g/mol. The number of ether oxygens (including phenoxy) is 2. The first-order chi connectivity index (χ1) is 10.6. The minimum absolute atomic E-state index is 0.0678. The number of hydrogen-bond donors (Lipinski definition) is 0. The fraction of sp³-hybridized carbons (Fsp3) is 0.778. The van der Waals surface area contributed by atoms with Crippen LogP contribution in [0.2, 0.25) is 0 Å². The lowest BCUT2D eigenvalue weighted by molar-refractivity contribution is -0.164. The molecule has 0 aromatic heterocycles. The molecule has 0 spiro atoms. The molecule has 0 aromatic rings. The van der Waals surface area contributed by atoms with Gasteiger partial charge in [-0.3, -0.25) is 19.2 Å². The van der Waals surface area contributed by atoms with Crippen LogP contribution in [0.3, 0.4) is 0 Å². The third kappa shape index (κ3) is 8.79. The van der Waals surface area contributed by atoms with Gasteiger partial charge in [-0.2, -0.15) is 0 Å². The fourth-order valence-electron chi connectivity index (χ4n) is 1.78. The Kier molecular flexibility index (Phi) is 7.34. The molecule has 0 aromatic carbocycles. The molecular formula is C18H30O6. The van der Waals surface area contributed by atoms with Crippen LogP contribution in [0, 0.1) is 5.41 Å². The van der Waals surface area contributed by atoms with Crippen molar-refractivity contribution in [2.75, 3.05) is 0 Å². The van der Waals surface area contributed by atoms with Crippen LogP contribution in [-0.2, 0) is 28.7 Å². The summed E-state index contributed by atoms with van der Waals surface area (Å²) in [4.78, 5) is 44.0. The van der Waals surface area contributed by atoms with Crippen molar-refractivity contribution in [3.8, 4) is 0 Å². The van der Waals surface area contributed by atoms with Crippen LogP contribution in [0.5, 0.6) is 0 Å². The van der Waals surface area contributed by atoms with Gasteiger partial charge in [-0.25, -0.2) is 0 Å². The number of Topliss-reactive ketones (excluding diaryl/α,β-unsaturated/α-hetero) is 2. The molecule has 24 heavy (non-hydrogen) atoms. The molecule has 0 N–H and O–H groups in total. The molecule has 0 unspecified atom stereocenters. The molecule has 1 aliphatic rings. The first-order valence-electron chi connectivity index (χ1n) is 8.05. The highest BCUT2D eigenvalue weighted by molar-refractivity contribution is 6.05. The molecule has 1 rings (SSSR count). The summed E-state index contributed by atoms with van der Waals surface area (Å²) in [6.07, 6.45) is 1.17. The molecule has 0 bridgehead atoms. The molecule has 1 fully saturated rings. The Morgan fingerprint density at radius 2 is 1.25 bits per heavy atom. The van der Waals surface area contributed by atoms with E-state index in [-0.39, 0.29) is 24.0 Å². The fourth-order valence-corrected chi connectivity index (χ4v) is 1.78. The maximum atomic E-state index is 11.5. The molecule has 0 aliphatic heterocycles. The van der Waals surface area contributed by atoms with E-state index in [1.807, 2.05) is 0 Å². The van der Waals surface area contributed by atoms with Gasteiger partial charge in [0.05, 0.1) is 0 Å². The van der Waals surface area contributed by atoms with Gasteiger partial charge in [-0.05, 0) is 68.2 Å². The van der Waals surface area contributed by atoms with Crippen LogP contribution in [-0.4, -0.2) is 34.7 Å². The molecule has 0 radical (unpaired) electrons. The smallest absolute Gasteiger partial charge is 0.320 e. The topological polar surface area (TPSA) is 86.7 Å².